The number of halogens is 1. The molecular formula is C6H8BrN3. The third-order valence-electron chi connectivity index (χ3n) is 1.10. The van der Waals surface area contributed by atoms with E-state index in [0.717, 1.165) is 10.2 Å². The fraction of sp³-hybridized carbons (Fsp3) is 0.167. The van der Waals surface area contributed by atoms with Crippen LogP contribution in [0.4, 0.5) is 0 Å². The summed E-state index contributed by atoms with van der Waals surface area (Å²) in [6, 6.07) is 3.80. The number of pyridine rings is 1. The molecule has 0 atom stereocenters. The second-order valence-corrected chi connectivity index (χ2v) is 2.67. The molecule has 0 unspecified atom stereocenters. The zero-order chi connectivity index (χ0) is 7.40. The highest BCUT2D eigenvalue weighted by atomic mass is 79.9. The first-order valence-electron chi connectivity index (χ1n) is 2.87. The van der Waals surface area contributed by atoms with Gasteiger partial charge in [0.25, 0.3) is 0 Å². The quantitative estimate of drug-likeness (QED) is 0.551. The van der Waals surface area contributed by atoms with Gasteiger partial charge in [0.15, 0.2) is 0 Å². The smallest absolute Gasteiger partial charge is 0.0697 e. The van der Waals surface area contributed by atoms with Gasteiger partial charge in [-0.05, 0) is 28.1 Å². The number of hydrogen-bond donors (Lipinski definition) is 2. The Morgan fingerprint density at radius 3 is 3.10 bits per heavy atom. The van der Waals surface area contributed by atoms with Crippen molar-refractivity contribution in [2.45, 2.75) is 6.54 Å². The minimum absolute atomic E-state index is 0.585. The van der Waals surface area contributed by atoms with E-state index >= 15 is 0 Å². The molecule has 10 heavy (non-hydrogen) atoms. The van der Waals surface area contributed by atoms with Crippen LogP contribution in [0.2, 0.25) is 0 Å². The van der Waals surface area contributed by atoms with Gasteiger partial charge in [-0.15, -0.1) is 0 Å². The topological polar surface area (TPSA) is 50.9 Å². The Hall–Kier alpha value is -0.450. The highest BCUT2D eigenvalue weighted by Crippen LogP contribution is 2.11. The number of aromatic nitrogens is 1. The Morgan fingerprint density at radius 2 is 2.50 bits per heavy atom. The molecular weight excluding hydrogens is 194 g/mol. The van der Waals surface area contributed by atoms with Crippen LogP contribution in [0.5, 0.6) is 0 Å². The predicted octanol–water partition coefficient (Wildman–Crippen LogP) is 0.807. The van der Waals surface area contributed by atoms with E-state index in [0.29, 0.717) is 6.54 Å². The molecule has 1 heterocycles. The van der Waals surface area contributed by atoms with E-state index in [2.05, 4.69) is 26.3 Å². The lowest BCUT2D eigenvalue weighted by Crippen LogP contribution is -2.21. The molecule has 3 N–H and O–H groups in total. The molecule has 0 fully saturated rings. The van der Waals surface area contributed by atoms with Crippen LogP contribution < -0.4 is 11.3 Å². The van der Waals surface area contributed by atoms with E-state index in [1.165, 1.54) is 0 Å². The normalized spacial score (nSPS) is 9.80. The summed E-state index contributed by atoms with van der Waals surface area (Å²) in [5.74, 6) is 5.12. The fourth-order valence-corrected chi connectivity index (χ4v) is 1.04. The average molecular weight is 202 g/mol. The Labute approximate surface area is 67.7 Å². The lowest BCUT2D eigenvalue weighted by atomic mass is 10.3. The van der Waals surface area contributed by atoms with E-state index in [-0.39, 0.29) is 0 Å². The highest BCUT2D eigenvalue weighted by Gasteiger charge is 1.95. The van der Waals surface area contributed by atoms with Crippen LogP contribution in [0.25, 0.3) is 0 Å². The molecule has 4 heteroatoms. The minimum atomic E-state index is 0.585. The van der Waals surface area contributed by atoms with Crippen molar-refractivity contribution in [3.63, 3.8) is 0 Å². The number of rotatable bonds is 2. The minimum Gasteiger partial charge on any atom is -0.271 e. The van der Waals surface area contributed by atoms with Gasteiger partial charge in [-0.3, -0.25) is 16.3 Å². The number of nitrogens with zero attached hydrogens (tertiary/aromatic N) is 1. The lowest BCUT2D eigenvalue weighted by molar-refractivity contribution is 0.720. The molecule has 0 aliphatic heterocycles. The molecule has 0 spiro atoms. The third-order valence-corrected chi connectivity index (χ3v) is 1.83. The molecule has 54 valence electrons. The van der Waals surface area contributed by atoms with Gasteiger partial charge in [0.05, 0.1) is 12.2 Å². The summed E-state index contributed by atoms with van der Waals surface area (Å²) in [6.07, 6.45) is 1.73. The first-order valence-corrected chi connectivity index (χ1v) is 3.66. The van der Waals surface area contributed by atoms with Crippen molar-refractivity contribution in [3.05, 3.63) is 28.5 Å². The fourth-order valence-electron chi connectivity index (χ4n) is 0.645. The van der Waals surface area contributed by atoms with Crippen molar-refractivity contribution in [2.24, 2.45) is 5.84 Å². The molecule has 0 aliphatic carbocycles. The molecule has 0 radical (unpaired) electrons. The Morgan fingerprint density at radius 1 is 1.70 bits per heavy atom. The summed E-state index contributed by atoms with van der Waals surface area (Å²) in [4.78, 5) is 4.08. The van der Waals surface area contributed by atoms with E-state index in [1.807, 2.05) is 12.1 Å². The van der Waals surface area contributed by atoms with Crippen molar-refractivity contribution < 1.29 is 0 Å². The Bertz CT molecular complexity index is 214. The van der Waals surface area contributed by atoms with Gasteiger partial charge in [0, 0.05) is 10.7 Å². The van der Waals surface area contributed by atoms with E-state index in [4.69, 9.17) is 5.84 Å². The molecule has 0 aliphatic rings. The van der Waals surface area contributed by atoms with Crippen molar-refractivity contribution in [1.82, 2.24) is 10.4 Å². The molecule has 1 rings (SSSR count). The monoisotopic (exact) mass is 201 g/mol. The van der Waals surface area contributed by atoms with Crippen LogP contribution in [0.3, 0.4) is 0 Å². The highest BCUT2D eigenvalue weighted by molar-refractivity contribution is 9.10. The zero-order valence-corrected chi connectivity index (χ0v) is 6.93. The largest absolute Gasteiger partial charge is 0.271 e. The number of nitrogens with two attached hydrogens (primary N) is 1. The van der Waals surface area contributed by atoms with Gasteiger partial charge in [-0.25, -0.2) is 0 Å². The third kappa shape index (κ3) is 1.76. The molecule has 1 aromatic heterocycles. The second kappa shape index (κ2) is 3.65. The summed E-state index contributed by atoms with van der Waals surface area (Å²) in [7, 11) is 0. The van der Waals surface area contributed by atoms with Crippen LogP contribution in [-0.4, -0.2) is 4.98 Å². The first kappa shape index (κ1) is 7.65. The summed E-state index contributed by atoms with van der Waals surface area (Å²) in [5, 5.41) is 0. The maximum Gasteiger partial charge on any atom is 0.0697 e. The maximum absolute atomic E-state index is 5.12. The SMILES string of the molecule is NNCc1ncccc1Br. The molecule has 1 aromatic rings. The average Bonchev–Trinajstić information content (AvgIpc) is 1.94. The number of nitrogens with one attached hydrogen (secondary N) is 1. The van der Waals surface area contributed by atoms with Crippen molar-refractivity contribution in [2.75, 3.05) is 0 Å². The summed E-state index contributed by atoms with van der Waals surface area (Å²) in [5.41, 5.74) is 3.45. The van der Waals surface area contributed by atoms with Crippen LogP contribution in [0, 0.1) is 0 Å². The van der Waals surface area contributed by atoms with Gasteiger partial charge in [-0.1, -0.05) is 0 Å². The summed E-state index contributed by atoms with van der Waals surface area (Å²) >= 11 is 3.34. The standard InChI is InChI=1S/C6H8BrN3/c7-5-2-1-3-9-6(5)4-10-8/h1-3,10H,4,8H2. The van der Waals surface area contributed by atoms with Crippen molar-refractivity contribution in [3.8, 4) is 0 Å². The molecule has 0 saturated heterocycles. The van der Waals surface area contributed by atoms with Gasteiger partial charge < -0.3 is 0 Å². The van der Waals surface area contributed by atoms with Crippen molar-refractivity contribution >= 4 is 15.9 Å². The first-order chi connectivity index (χ1) is 4.84. The van der Waals surface area contributed by atoms with E-state index < -0.39 is 0 Å². The maximum atomic E-state index is 5.12. The molecule has 0 bridgehead atoms. The molecule has 3 nitrogen and oxygen atoms in total. The Kier molecular flexibility index (Phi) is 2.80. The summed E-state index contributed by atoms with van der Waals surface area (Å²) in [6.45, 7) is 0.585. The van der Waals surface area contributed by atoms with E-state index in [1.54, 1.807) is 6.20 Å². The van der Waals surface area contributed by atoms with Crippen LogP contribution in [-0.2, 0) is 6.54 Å². The summed E-state index contributed by atoms with van der Waals surface area (Å²) < 4.78 is 0.980. The molecule has 0 amide bonds. The second-order valence-electron chi connectivity index (χ2n) is 1.81. The van der Waals surface area contributed by atoms with Gasteiger partial charge in [0.1, 0.15) is 0 Å². The van der Waals surface area contributed by atoms with Crippen LogP contribution in [0.15, 0.2) is 22.8 Å². The van der Waals surface area contributed by atoms with E-state index in [9.17, 15) is 0 Å². The molecule has 0 aromatic carbocycles. The predicted molar refractivity (Wildman–Crippen MR) is 43.0 cm³/mol. The zero-order valence-electron chi connectivity index (χ0n) is 5.34. The molecule has 0 saturated carbocycles. The van der Waals surface area contributed by atoms with Crippen molar-refractivity contribution in [1.29, 1.82) is 0 Å². The van der Waals surface area contributed by atoms with Gasteiger partial charge in [0.2, 0.25) is 0 Å². The van der Waals surface area contributed by atoms with Crippen LogP contribution >= 0.6 is 15.9 Å². The van der Waals surface area contributed by atoms with Gasteiger partial charge >= 0.3 is 0 Å². The Balaban J connectivity index is 2.81. The number of hydrazine groups is 1. The van der Waals surface area contributed by atoms with Gasteiger partial charge in [-0.2, -0.15) is 0 Å². The van der Waals surface area contributed by atoms with Crippen LogP contribution in [0.1, 0.15) is 5.69 Å². The number of hydrogen-bond acceptors (Lipinski definition) is 3. The lowest BCUT2D eigenvalue weighted by Gasteiger charge is -1.99.